The molecule has 0 unspecified atom stereocenters. The Morgan fingerprint density at radius 2 is 0.515 bits per heavy atom. The second-order valence-corrected chi connectivity index (χ2v) is 27.6. The Morgan fingerprint density at radius 3 is 0.777 bits per heavy atom. The van der Waals surface area contributed by atoms with Gasteiger partial charge in [0.05, 0.1) is 17.5 Å². The van der Waals surface area contributed by atoms with Crippen LogP contribution in [0.1, 0.15) is 66.8 Å². The van der Waals surface area contributed by atoms with Crippen molar-refractivity contribution >= 4 is 65.4 Å². The molecule has 18 rings (SSSR count). The first-order valence-electron chi connectivity index (χ1n) is 34.9. The summed E-state index contributed by atoms with van der Waals surface area (Å²) in [6, 6.07) is 88.9. The Balaban J connectivity index is 0.000000124. The second kappa shape index (κ2) is 27.3. The molecule has 0 aliphatic rings. The molecule has 0 aliphatic carbocycles. The maximum absolute atomic E-state index is 4.76. The van der Waals surface area contributed by atoms with Gasteiger partial charge in [0.2, 0.25) is 0 Å². The summed E-state index contributed by atoms with van der Waals surface area (Å²) in [6.45, 7) is 25.8. The summed E-state index contributed by atoms with van der Waals surface area (Å²) >= 11 is 0. The topological polar surface area (TPSA) is 68.2 Å². The Hall–Kier alpha value is -11.7. The monoisotopic (exact) mass is 1510 g/mol. The van der Waals surface area contributed by atoms with E-state index in [2.05, 4.69) is 347 Å². The molecule has 0 spiro atoms. The van der Waals surface area contributed by atoms with Crippen molar-refractivity contribution in [2.75, 3.05) is 0 Å². The molecule has 18 aromatic rings. The number of rotatable bonds is 9. The van der Waals surface area contributed by atoms with Crippen LogP contribution in [0.25, 0.3) is 134 Å². The number of benzene rings is 12. The van der Waals surface area contributed by atoms with Gasteiger partial charge >= 0.3 is 20.1 Å². The van der Waals surface area contributed by atoms with Crippen LogP contribution >= 0.6 is 0 Å². The average molecular weight is 1510 g/mol. The first kappa shape index (κ1) is 67.2. The van der Waals surface area contributed by atoms with Crippen LogP contribution < -0.4 is 0 Å². The van der Waals surface area contributed by atoms with E-state index in [1.165, 1.54) is 150 Å². The zero-order valence-corrected chi connectivity index (χ0v) is 62.5. The van der Waals surface area contributed by atoms with Gasteiger partial charge in [-0.3, -0.25) is 15.0 Å². The molecule has 0 radical (unpaired) electrons. The molecule has 0 aliphatic heterocycles. The predicted octanol–water partition coefficient (Wildman–Crippen LogP) is 23.0. The van der Waals surface area contributed by atoms with Crippen LogP contribution in [0.15, 0.2) is 256 Å². The number of para-hydroxylation sites is 3. The minimum Gasteiger partial charge on any atom is -0.351 e. The van der Waals surface area contributed by atoms with Gasteiger partial charge in [0.25, 0.3) is 0 Å². The first-order valence-corrected chi connectivity index (χ1v) is 34.9. The summed E-state index contributed by atoms with van der Waals surface area (Å²) in [6.07, 6.45) is 11.8. The van der Waals surface area contributed by atoms with Crippen molar-refractivity contribution in [1.82, 2.24) is 42.4 Å². The summed E-state index contributed by atoms with van der Waals surface area (Å²) in [5.74, 6) is 2.72. The SMILES string of the molecule is Cc1cccc(-n2c3c[c-]c(-c4nccn4-c4c(C)cc(C)cc4C)cc3c3ccccc32)c1.Cc1cccc(-n2c3c[c-]c(-c4nccn4-c4c(C)cc(C)cc4C)cc3c3ccccc32)c1.Cc1cccc(-n2c3c[c-]c(-c4nccn4-c4c(C)cc(C)cc4C)cc3c3ccccc32)c1.[Ir+3]. The smallest absolute Gasteiger partial charge is 0.351 e. The molecule has 0 N–H and O–H groups in total. The Kier molecular flexibility index (Phi) is 17.8. The van der Waals surface area contributed by atoms with Crippen molar-refractivity contribution in [3.05, 3.63) is 341 Å². The molecule has 6 heterocycles. The van der Waals surface area contributed by atoms with Crippen molar-refractivity contribution in [2.45, 2.75) is 83.1 Å². The van der Waals surface area contributed by atoms with Crippen LogP contribution in [-0.2, 0) is 20.1 Å². The average Bonchev–Trinajstić information content (AvgIpc) is 1.60. The molecule has 10 heteroatoms. The zero-order chi connectivity index (χ0) is 70.2. The molecule has 0 amide bonds. The Bertz CT molecular complexity index is 5640. The molecule has 0 saturated heterocycles. The molecule has 103 heavy (non-hydrogen) atoms. The van der Waals surface area contributed by atoms with E-state index in [1.807, 2.05) is 37.2 Å². The van der Waals surface area contributed by atoms with E-state index in [-0.39, 0.29) is 20.1 Å². The summed E-state index contributed by atoms with van der Waals surface area (Å²) in [5.41, 5.74) is 32.1. The van der Waals surface area contributed by atoms with Gasteiger partial charge in [0.15, 0.2) is 0 Å². The van der Waals surface area contributed by atoms with E-state index in [0.29, 0.717) is 0 Å². The van der Waals surface area contributed by atoms with E-state index in [4.69, 9.17) is 15.0 Å². The third-order valence-electron chi connectivity index (χ3n) is 19.9. The minimum absolute atomic E-state index is 0. The summed E-state index contributed by atoms with van der Waals surface area (Å²) < 4.78 is 13.6. The molecular weight excluding hydrogens is 1440 g/mol. The Labute approximate surface area is 615 Å². The Morgan fingerprint density at radius 1 is 0.252 bits per heavy atom. The van der Waals surface area contributed by atoms with Crippen LogP contribution in [-0.4, -0.2) is 42.4 Å². The number of imidazole rings is 3. The zero-order valence-electron chi connectivity index (χ0n) is 60.1. The second-order valence-electron chi connectivity index (χ2n) is 27.6. The predicted molar refractivity (Wildman–Crippen MR) is 423 cm³/mol. The van der Waals surface area contributed by atoms with Gasteiger partial charge in [-0.1, -0.05) is 160 Å². The van der Waals surface area contributed by atoms with Crippen LogP contribution in [0.3, 0.4) is 0 Å². The number of aryl methyl sites for hydroxylation is 12. The number of aromatic nitrogens is 9. The summed E-state index contributed by atoms with van der Waals surface area (Å²) in [5, 5.41) is 7.31. The number of hydrogen-bond acceptors (Lipinski definition) is 3. The molecule has 0 bridgehead atoms. The fourth-order valence-electron chi connectivity index (χ4n) is 16.0. The van der Waals surface area contributed by atoms with E-state index in [0.717, 1.165) is 50.7 Å². The van der Waals surface area contributed by atoms with Gasteiger partial charge in [-0.2, -0.15) is 0 Å². The van der Waals surface area contributed by atoms with Crippen molar-refractivity contribution in [3.8, 4) is 68.3 Å². The molecule has 0 fully saturated rings. The van der Waals surface area contributed by atoms with Crippen molar-refractivity contribution in [3.63, 3.8) is 0 Å². The van der Waals surface area contributed by atoms with Crippen molar-refractivity contribution in [1.29, 1.82) is 0 Å². The summed E-state index contributed by atoms with van der Waals surface area (Å²) in [7, 11) is 0. The fourth-order valence-corrected chi connectivity index (χ4v) is 16.0. The molecule has 504 valence electrons. The maximum atomic E-state index is 4.76. The molecule has 0 saturated carbocycles. The van der Waals surface area contributed by atoms with Crippen LogP contribution in [0.2, 0.25) is 0 Å². The van der Waals surface area contributed by atoms with Gasteiger partial charge < -0.3 is 27.4 Å². The standard InChI is InChI=1S/3C31H26N3.Ir/c3*1-20-8-7-9-25(18-20)34-28-11-6-5-10-26(28)27-19-24(12-13-29(27)34)31-32-14-15-33(31)30-22(3)16-21(2)17-23(30)4;/h3*5-11,13-19H,1-4H3;/q3*-1;+3. The fraction of sp³-hybridized carbons (Fsp3) is 0.129. The minimum atomic E-state index is 0. The number of fused-ring (bicyclic) bond motifs is 9. The normalized spacial score (nSPS) is 11.4. The molecule has 9 nitrogen and oxygen atoms in total. The largest absolute Gasteiger partial charge is 3.00 e. The number of hydrogen-bond donors (Lipinski definition) is 0. The molecule has 12 aromatic carbocycles. The van der Waals surface area contributed by atoms with E-state index in [9.17, 15) is 0 Å². The summed E-state index contributed by atoms with van der Waals surface area (Å²) in [4.78, 5) is 14.3. The van der Waals surface area contributed by atoms with Gasteiger partial charge in [-0.25, -0.2) is 0 Å². The third kappa shape index (κ3) is 12.2. The van der Waals surface area contributed by atoms with E-state index >= 15 is 0 Å². The molecular formula is C93H78IrN9. The van der Waals surface area contributed by atoms with Gasteiger partial charge in [0.1, 0.15) is 0 Å². The van der Waals surface area contributed by atoms with Gasteiger partial charge in [-0.15, -0.1) is 71.3 Å². The molecule has 6 aromatic heterocycles. The van der Waals surface area contributed by atoms with Crippen molar-refractivity contribution in [2.24, 2.45) is 0 Å². The first-order chi connectivity index (χ1) is 49.5. The number of nitrogens with zero attached hydrogens (tertiary/aromatic N) is 9. The van der Waals surface area contributed by atoms with Crippen LogP contribution in [0.4, 0.5) is 0 Å². The third-order valence-corrected chi connectivity index (χ3v) is 19.9. The quantitative estimate of drug-likeness (QED) is 0.135. The molecule has 0 atom stereocenters. The van der Waals surface area contributed by atoms with Gasteiger partial charge in [0, 0.05) is 87.9 Å². The van der Waals surface area contributed by atoms with E-state index in [1.54, 1.807) is 0 Å². The van der Waals surface area contributed by atoms with E-state index < -0.39 is 0 Å². The van der Waals surface area contributed by atoms with Crippen LogP contribution in [0, 0.1) is 101 Å². The maximum Gasteiger partial charge on any atom is 3.00 e. The van der Waals surface area contributed by atoms with Gasteiger partial charge in [-0.05, 0) is 220 Å². The van der Waals surface area contributed by atoms with Crippen LogP contribution in [0.5, 0.6) is 0 Å². The van der Waals surface area contributed by atoms with Crippen molar-refractivity contribution < 1.29 is 20.1 Å².